The number of aromatic nitrogens is 2. The number of nitrogens with one attached hydrogen (secondary N) is 1. The number of hydrogen-bond acceptors (Lipinski definition) is 3. The van der Waals surface area contributed by atoms with Crippen LogP contribution in [0.3, 0.4) is 0 Å². The molecule has 6 nitrogen and oxygen atoms in total. The maximum absolute atomic E-state index is 12.0. The highest BCUT2D eigenvalue weighted by Gasteiger charge is 2.08. The van der Waals surface area contributed by atoms with Crippen LogP contribution in [0.2, 0.25) is 0 Å². The van der Waals surface area contributed by atoms with E-state index in [0.717, 1.165) is 11.3 Å². The van der Waals surface area contributed by atoms with Gasteiger partial charge in [0.25, 0.3) is 0 Å². The second kappa shape index (κ2) is 6.31. The molecular formula is C17H16N4O2. The molecule has 3 N–H and O–H groups in total. The number of nitrogens with zero attached hydrogens (tertiary/aromatic N) is 2. The molecule has 0 radical (unpaired) electrons. The molecule has 0 aliphatic rings. The van der Waals surface area contributed by atoms with Gasteiger partial charge in [0.1, 0.15) is 5.82 Å². The lowest BCUT2D eigenvalue weighted by Crippen LogP contribution is -2.14. The number of nitrogens with two attached hydrogens (primary N) is 1. The lowest BCUT2D eigenvalue weighted by Gasteiger charge is -2.06. The van der Waals surface area contributed by atoms with Crippen LogP contribution >= 0.6 is 0 Å². The van der Waals surface area contributed by atoms with Crippen molar-refractivity contribution in [3.05, 3.63) is 66.2 Å². The van der Waals surface area contributed by atoms with Gasteiger partial charge < -0.3 is 15.5 Å². The molecule has 0 saturated heterocycles. The zero-order chi connectivity index (χ0) is 16.2. The van der Waals surface area contributed by atoms with Crippen molar-refractivity contribution in [2.24, 2.45) is 5.73 Å². The molecule has 0 saturated carbocycles. The Morgan fingerprint density at radius 3 is 2.65 bits per heavy atom. The third-order valence-corrected chi connectivity index (χ3v) is 3.54. The minimum atomic E-state index is -0.492. The summed E-state index contributed by atoms with van der Waals surface area (Å²) in [4.78, 5) is 27.4. The van der Waals surface area contributed by atoms with Gasteiger partial charge in [-0.15, -0.1) is 0 Å². The Hall–Kier alpha value is -3.15. The van der Waals surface area contributed by atoms with Crippen LogP contribution in [0.4, 0.5) is 5.69 Å². The number of rotatable bonds is 5. The van der Waals surface area contributed by atoms with E-state index in [0.29, 0.717) is 24.1 Å². The Balaban J connectivity index is 1.60. The minimum Gasteiger partial charge on any atom is -0.366 e. The van der Waals surface area contributed by atoms with E-state index in [4.69, 9.17) is 5.73 Å². The zero-order valence-corrected chi connectivity index (χ0v) is 12.4. The number of aryl methyl sites for hydroxylation is 1. The Morgan fingerprint density at radius 1 is 1.13 bits per heavy atom. The summed E-state index contributed by atoms with van der Waals surface area (Å²) in [6.45, 7) is 0. The molecule has 2 amide bonds. The van der Waals surface area contributed by atoms with E-state index < -0.39 is 5.91 Å². The molecule has 2 aromatic heterocycles. The van der Waals surface area contributed by atoms with Crippen LogP contribution in [0, 0.1) is 0 Å². The molecule has 0 fully saturated rings. The lowest BCUT2D eigenvalue weighted by molar-refractivity contribution is -0.116. The second-order valence-electron chi connectivity index (χ2n) is 5.16. The first-order valence-electron chi connectivity index (χ1n) is 7.24. The first kappa shape index (κ1) is 14.8. The number of carbonyl (C=O) groups is 2. The van der Waals surface area contributed by atoms with Gasteiger partial charge in [-0.1, -0.05) is 6.07 Å². The number of primary amides is 1. The smallest absolute Gasteiger partial charge is 0.248 e. The van der Waals surface area contributed by atoms with Crippen molar-refractivity contribution >= 4 is 23.0 Å². The first-order valence-corrected chi connectivity index (χ1v) is 7.24. The average molecular weight is 308 g/mol. The Bertz CT molecular complexity index is 852. The van der Waals surface area contributed by atoms with Crippen molar-refractivity contribution in [2.75, 3.05) is 5.32 Å². The molecule has 0 bridgehead atoms. The number of imidazole rings is 1. The fourth-order valence-electron chi connectivity index (χ4n) is 2.35. The molecule has 0 unspecified atom stereocenters. The van der Waals surface area contributed by atoms with Gasteiger partial charge >= 0.3 is 0 Å². The van der Waals surface area contributed by atoms with Crippen molar-refractivity contribution in [1.82, 2.24) is 9.38 Å². The van der Waals surface area contributed by atoms with E-state index in [2.05, 4.69) is 10.3 Å². The summed E-state index contributed by atoms with van der Waals surface area (Å²) in [5.41, 5.74) is 7.22. The summed E-state index contributed by atoms with van der Waals surface area (Å²) < 4.78 is 1.97. The van der Waals surface area contributed by atoms with Gasteiger partial charge in [0, 0.05) is 30.3 Å². The highest BCUT2D eigenvalue weighted by Crippen LogP contribution is 2.11. The van der Waals surface area contributed by atoms with Crippen molar-refractivity contribution in [1.29, 1.82) is 0 Å². The maximum atomic E-state index is 12.0. The van der Waals surface area contributed by atoms with Crippen LogP contribution in [0.25, 0.3) is 5.52 Å². The van der Waals surface area contributed by atoms with Crippen molar-refractivity contribution < 1.29 is 9.59 Å². The Kier molecular flexibility index (Phi) is 4.05. The first-order chi connectivity index (χ1) is 11.1. The molecule has 3 rings (SSSR count). The monoisotopic (exact) mass is 308 g/mol. The van der Waals surface area contributed by atoms with E-state index in [1.807, 2.05) is 28.8 Å². The van der Waals surface area contributed by atoms with Gasteiger partial charge in [-0.05, 0) is 36.4 Å². The predicted octanol–water partition coefficient (Wildman–Crippen LogP) is 2.00. The second-order valence-corrected chi connectivity index (χ2v) is 5.16. The molecule has 0 spiro atoms. The largest absolute Gasteiger partial charge is 0.366 e. The molecule has 23 heavy (non-hydrogen) atoms. The van der Waals surface area contributed by atoms with Crippen LogP contribution in [0.1, 0.15) is 22.6 Å². The van der Waals surface area contributed by atoms with E-state index in [-0.39, 0.29) is 5.91 Å². The van der Waals surface area contributed by atoms with Crippen LogP contribution < -0.4 is 11.1 Å². The van der Waals surface area contributed by atoms with E-state index in [1.54, 1.807) is 30.5 Å². The van der Waals surface area contributed by atoms with Crippen LogP contribution in [-0.4, -0.2) is 21.2 Å². The molecule has 1 aromatic carbocycles. The summed E-state index contributed by atoms with van der Waals surface area (Å²) >= 11 is 0. The van der Waals surface area contributed by atoms with Gasteiger partial charge in [-0.3, -0.25) is 9.59 Å². The third-order valence-electron chi connectivity index (χ3n) is 3.54. The van der Waals surface area contributed by atoms with Gasteiger partial charge in [-0.2, -0.15) is 0 Å². The highest BCUT2D eigenvalue weighted by atomic mass is 16.1. The van der Waals surface area contributed by atoms with E-state index >= 15 is 0 Å². The average Bonchev–Trinajstić information content (AvgIpc) is 2.97. The summed E-state index contributed by atoms with van der Waals surface area (Å²) in [5, 5.41) is 2.79. The van der Waals surface area contributed by atoms with Crippen LogP contribution in [-0.2, 0) is 11.2 Å². The number of hydrogen-bond donors (Lipinski definition) is 2. The van der Waals surface area contributed by atoms with Gasteiger partial charge in [0.05, 0.1) is 11.7 Å². The molecule has 3 aromatic rings. The summed E-state index contributed by atoms with van der Waals surface area (Å²) in [6, 6.07) is 12.3. The summed E-state index contributed by atoms with van der Waals surface area (Å²) in [6.07, 6.45) is 4.59. The fourth-order valence-corrected chi connectivity index (χ4v) is 2.35. The maximum Gasteiger partial charge on any atom is 0.248 e. The highest BCUT2D eigenvalue weighted by molar-refractivity contribution is 5.94. The van der Waals surface area contributed by atoms with Gasteiger partial charge in [0.2, 0.25) is 11.8 Å². The number of benzene rings is 1. The number of pyridine rings is 1. The number of fused-ring (bicyclic) bond motifs is 1. The summed E-state index contributed by atoms with van der Waals surface area (Å²) in [5.74, 6) is 0.249. The number of carbonyl (C=O) groups excluding carboxylic acids is 2. The lowest BCUT2D eigenvalue weighted by atomic mass is 10.2. The Labute approximate surface area is 132 Å². The number of amides is 2. The minimum absolute atomic E-state index is 0.107. The van der Waals surface area contributed by atoms with Gasteiger partial charge in [0.15, 0.2) is 0 Å². The molecule has 0 aliphatic heterocycles. The van der Waals surface area contributed by atoms with E-state index in [1.165, 1.54) is 0 Å². The predicted molar refractivity (Wildman–Crippen MR) is 87.1 cm³/mol. The normalized spacial score (nSPS) is 10.6. The van der Waals surface area contributed by atoms with Gasteiger partial charge in [-0.25, -0.2) is 4.98 Å². The van der Waals surface area contributed by atoms with Crippen LogP contribution in [0.15, 0.2) is 54.9 Å². The molecule has 116 valence electrons. The molecular weight excluding hydrogens is 292 g/mol. The zero-order valence-electron chi connectivity index (χ0n) is 12.4. The van der Waals surface area contributed by atoms with Crippen molar-refractivity contribution in [3.63, 3.8) is 0 Å². The third kappa shape index (κ3) is 3.37. The topological polar surface area (TPSA) is 89.5 Å². The summed E-state index contributed by atoms with van der Waals surface area (Å²) in [7, 11) is 0. The fraction of sp³-hybridized carbons (Fsp3) is 0.118. The quantitative estimate of drug-likeness (QED) is 0.755. The molecule has 6 heteroatoms. The molecule has 0 atom stereocenters. The molecule has 2 heterocycles. The van der Waals surface area contributed by atoms with E-state index in [9.17, 15) is 9.59 Å². The standard InChI is InChI=1S/C17H16N4O2/c18-17(23)12-4-6-13(7-5-12)20-16(22)9-8-15-19-11-14-3-1-2-10-21(14)15/h1-7,10-11H,8-9H2,(H2,18,23)(H,20,22). The van der Waals surface area contributed by atoms with Crippen molar-refractivity contribution in [3.8, 4) is 0 Å². The Morgan fingerprint density at radius 2 is 1.91 bits per heavy atom. The van der Waals surface area contributed by atoms with Crippen molar-refractivity contribution in [2.45, 2.75) is 12.8 Å². The van der Waals surface area contributed by atoms with Crippen LogP contribution in [0.5, 0.6) is 0 Å². The SMILES string of the molecule is NC(=O)c1ccc(NC(=O)CCc2ncc3ccccn23)cc1. The number of anilines is 1. The molecule has 0 aliphatic carbocycles.